The first-order valence-electron chi connectivity index (χ1n) is 9.27. The minimum atomic E-state index is -3.84. The number of fused-ring (bicyclic) bond motifs is 1. The van der Waals surface area contributed by atoms with Crippen molar-refractivity contribution in [3.63, 3.8) is 0 Å². The highest BCUT2D eigenvalue weighted by molar-refractivity contribution is 7.90. The van der Waals surface area contributed by atoms with Crippen LogP contribution in [0.15, 0.2) is 47.4 Å². The van der Waals surface area contributed by atoms with E-state index in [0.717, 1.165) is 22.5 Å². The molecule has 1 saturated heterocycles. The first-order chi connectivity index (χ1) is 13.4. The lowest BCUT2D eigenvalue weighted by molar-refractivity contribution is 0.0861. The van der Waals surface area contributed by atoms with E-state index in [0.29, 0.717) is 41.5 Å². The summed E-state index contributed by atoms with van der Waals surface area (Å²) in [4.78, 5) is 2.39. The van der Waals surface area contributed by atoms with Crippen molar-refractivity contribution < 1.29 is 13.2 Å². The van der Waals surface area contributed by atoms with Gasteiger partial charge in [-0.3, -0.25) is 0 Å². The third-order valence-electron chi connectivity index (χ3n) is 5.64. The summed E-state index contributed by atoms with van der Waals surface area (Å²) in [6.07, 6.45) is 2.02. The molecule has 0 bridgehead atoms. The third kappa shape index (κ3) is 2.64. The Hall–Kier alpha value is -2.09. The molecular formula is C20H20ClN3O3S. The molecular weight excluding hydrogens is 398 g/mol. The van der Waals surface area contributed by atoms with Gasteiger partial charge in [-0.1, -0.05) is 35.4 Å². The lowest BCUT2D eigenvalue weighted by Gasteiger charge is -2.36. The standard InChI is InChI=1S/C20H20ClN3O3S/c1-14-5-7-15(8-6-14)28(25,26)24-17-4-2-3-16(21)18(17)19(22-24)23-11-12-27-13-20(23)9-10-20/h2-8H,9-13H2,1H3. The van der Waals surface area contributed by atoms with Gasteiger partial charge in [0.2, 0.25) is 0 Å². The Morgan fingerprint density at radius 3 is 2.61 bits per heavy atom. The molecule has 8 heteroatoms. The molecule has 1 aliphatic carbocycles. The lowest BCUT2D eigenvalue weighted by Crippen LogP contribution is -2.48. The van der Waals surface area contributed by atoms with Crippen molar-refractivity contribution in [2.45, 2.75) is 30.2 Å². The minimum Gasteiger partial charge on any atom is -0.377 e. The average molecular weight is 418 g/mol. The molecule has 1 spiro atoms. The highest BCUT2D eigenvalue weighted by Gasteiger charge is 2.51. The number of hydrogen-bond donors (Lipinski definition) is 0. The maximum absolute atomic E-state index is 13.4. The topological polar surface area (TPSA) is 64.4 Å². The second kappa shape index (κ2) is 6.20. The van der Waals surface area contributed by atoms with Gasteiger partial charge in [-0.15, -0.1) is 5.10 Å². The van der Waals surface area contributed by atoms with Gasteiger partial charge in [-0.2, -0.15) is 12.5 Å². The van der Waals surface area contributed by atoms with Crippen LogP contribution in [0.25, 0.3) is 10.9 Å². The molecule has 0 amide bonds. The molecule has 1 aromatic heterocycles. The predicted octanol–water partition coefficient (Wildman–Crippen LogP) is 3.60. The molecule has 2 fully saturated rings. The normalized spacial score (nSPS) is 18.7. The summed E-state index contributed by atoms with van der Waals surface area (Å²) in [6, 6.07) is 12.1. The van der Waals surface area contributed by atoms with Gasteiger partial charge in [0, 0.05) is 6.54 Å². The number of hydrogen-bond acceptors (Lipinski definition) is 5. The molecule has 5 rings (SSSR count). The van der Waals surface area contributed by atoms with E-state index in [1.165, 1.54) is 0 Å². The number of aryl methyl sites for hydroxylation is 1. The molecule has 1 aliphatic heterocycles. The Balaban J connectivity index is 1.73. The van der Waals surface area contributed by atoms with Crippen molar-refractivity contribution in [2.24, 2.45) is 0 Å². The monoisotopic (exact) mass is 417 g/mol. The van der Waals surface area contributed by atoms with Crippen LogP contribution in [0.1, 0.15) is 18.4 Å². The number of aromatic nitrogens is 2. The SMILES string of the molecule is Cc1ccc(S(=O)(=O)n2nc(N3CCOCC34CC4)c3c(Cl)cccc32)cc1. The van der Waals surface area contributed by atoms with Crippen LogP contribution >= 0.6 is 11.6 Å². The fourth-order valence-electron chi connectivity index (χ4n) is 3.89. The Morgan fingerprint density at radius 2 is 1.89 bits per heavy atom. The fraction of sp³-hybridized carbons (Fsp3) is 0.350. The number of benzene rings is 2. The molecule has 0 N–H and O–H groups in total. The maximum Gasteiger partial charge on any atom is 0.283 e. The number of ether oxygens (including phenoxy) is 1. The molecule has 146 valence electrons. The van der Waals surface area contributed by atoms with Gasteiger partial charge in [0.1, 0.15) is 0 Å². The van der Waals surface area contributed by atoms with Crippen molar-refractivity contribution in [3.05, 3.63) is 53.1 Å². The van der Waals surface area contributed by atoms with E-state index in [9.17, 15) is 8.42 Å². The van der Waals surface area contributed by atoms with Gasteiger partial charge in [0.25, 0.3) is 10.0 Å². The summed E-state index contributed by atoms with van der Waals surface area (Å²) in [5, 5.41) is 5.77. The number of anilines is 1. The van der Waals surface area contributed by atoms with E-state index in [1.54, 1.807) is 42.5 Å². The molecule has 2 heterocycles. The zero-order valence-corrected chi connectivity index (χ0v) is 17.0. The van der Waals surface area contributed by atoms with Crippen LogP contribution in [-0.4, -0.2) is 42.9 Å². The lowest BCUT2D eigenvalue weighted by atomic mass is 10.1. The van der Waals surface area contributed by atoms with Crippen molar-refractivity contribution in [3.8, 4) is 0 Å². The van der Waals surface area contributed by atoms with Crippen LogP contribution in [0.3, 0.4) is 0 Å². The Bertz CT molecular complexity index is 1170. The highest BCUT2D eigenvalue weighted by atomic mass is 35.5. The van der Waals surface area contributed by atoms with E-state index in [1.807, 2.05) is 6.92 Å². The van der Waals surface area contributed by atoms with E-state index in [2.05, 4.69) is 10.00 Å². The van der Waals surface area contributed by atoms with E-state index >= 15 is 0 Å². The number of rotatable bonds is 3. The zero-order chi connectivity index (χ0) is 19.5. The maximum atomic E-state index is 13.4. The van der Waals surface area contributed by atoms with Crippen molar-refractivity contribution >= 4 is 38.3 Å². The van der Waals surface area contributed by atoms with Gasteiger partial charge in [-0.05, 0) is 44.0 Å². The van der Waals surface area contributed by atoms with Gasteiger partial charge in [-0.25, -0.2) is 0 Å². The molecule has 0 radical (unpaired) electrons. The molecule has 2 aromatic carbocycles. The van der Waals surface area contributed by atoms with Gasteiger partial charge in [0.15, 0.2) is 5.82 Å². The van der Waals surface area contributed by atoms with Crippen molar-refractivity contribution in [1.82, 2.24) is 9.19 Å². The second-order valence-electron chi connectivity index (χ2n) is 7.55. The quantitative estimate of drug-likeness (QED) is 0.651. The van der Waals surface area contributed by atoms with E-state index < -0.39 is 10.0 Å². The smallest absolute Gasteiger partial charge is 0.283 e. The number of morpholine rings is 1. The summed E-state index contributed by atoms with van der Waals surface area (Å²) in [6.45, 7) is 3.81. The van der Waals surface area contributed by atoms with E-state index in [4.69, 9.17) is 16.3 Å². The molecule has 1 saturated carbocycles. The van der Waals surface area contributed by atoms with Crippen LogP contribution in [-0.2, 0) is 14.8 Å². The minimum absolute atomic E-state index is 0.0862. The van der Waals surface area contributed by atoms with Gasteiger partial charge >= 0.3 is 0 Å². The number of nitrogens with zero attached hydrogens (tertiary/aromatic N) is 3. The molecule has 3 aromatic rings. The zero-order valence-electron chi connectivity index (χ0n) is 15.4. The van der Waals surface area contributed by atoms with Crippen LogP contribution in [0, 0.1) is 6.92 Å². The van der Waals surface area contributed by atoms with Crippen LogP contribution in [0.5, 0.6) is 0 Å². The summed E-state index contributed by atoms with van der Waals surface area (Å²) in [5.41, 5.74) is 1.40. The molecule has 2 aliphatic rings. The van der Waals surface area contributed by atoms with E-state index in [-0.39, 0.29) is 10.4 Å². The Kier molecular flexibility index (Phi) is 3.98. The number of halogens is 1. The molecule has 28 heavy (non-hydrogen) atoms. The van der Waals surface area contributed by atoms with Crippen molar-refractivity contribution in [1.29, 1.82) is 0 Å². The third-order valence-corrected chi connectivity index (χ3v) is 7.56. The second-order valence-corrected chi connectivity index (χ2v) is 9.72. The first-order valence-corrected chi connectivity index (χ1v) is 11.1. The Morgan fingerprint density at radius 1 is 1.14 bits per heavy atom. The largest absolute Gasteiger partial charge is 0.377 e. The van der Waals surface area contributed by atoms with Crippen LogP contribution in [0.4, 0.5) is 5.82 Å². The van der Waals surface area contributed by atoms with Crippen LogP contribution in [0.2, 0.25) is 5.02 Å². The van der Waals surface area contributed by atoms with Crippen LogP contribution < -0.4 is 4.90 Å². The average Bonchev–Trinajstić information content (AvgIpc) is 3.32. The first kappa shape index (κ1) is 18.0. The highest BCUT2D eigenvalue weighted by Crippen LogP contribution is 2.48. The summed E-state index contributed by atoms with van der Waals surface area (Å²) in [5.74, 6) is 0.622. The fourth-order valence-corrected chi connectivity index (χ4v) is 5.42. The van der Waals surface area contributed by atoms with Gasteiger partial charge in [0.05, 0.1) is 39.6 Å². The summed E-state index contributed by atoms with van der Waals surface area (Å²) >= 11 is 6.52. The molecule has 0 atom stereocenters. The molecule has 0 unspecified atom stereocenters. The predicted molar refractivity (Wildman–Crippen MR) is 109 cm³/mol. The van der Waals surface area contributed by atoms with Crippen molar-refractivity contribution in [2.75, 3.05) is 24.7 Å². The van der Waals surface area contributed by atoms with Gasteiger partial charge < -0.3 is 9.64 Å². The molecule has 6 nitrogen and oxygen atoms in total. The Labute approximate surface area is 168 Å². The summed E-state index contributed by atoms with van der Waals surface area (Å²) < 4.78 is 33.5. The summed E-state index contributed by atoms with van der Waals surface area (Å²) in [7, 11) is -3.84.